The summed E-state index contributed by atoms with van der Waals surface area (Å²) < 4.78 is 18.8. The fourth-order valence-corrected chi connectivity index (χ4v) is 2.00. The topological polar surface area (TPSA) is 47.3 Å². The predicted octanol–water partition coefficient (Wildman–Crippen LogP) is 2.39. The van der Waals surface area contributed by atoms with Crippen LogP contribution in [0.1, 0.15) is 19.8 Å². The van der Waals surface area contributed by atoms with Gasteiger partial charge >= 0.3 is 0 Å². The minimum absolute atomic E-state index is 0.145. The molecule has 1 aliphatic heterocycles. The monoisotopic (exact) mass is 224 g/mol. The number of benzene rings is 1. The molecule has 1 saturated heterocycles. The van der Waals surface area contributed by atoms with Crippen LogP contribution in [-0.4, -0.2) is 18.8 Å². The maximum absolute atomic E-state index is 13.2. The molecule has 0 radical (unpaired) electrons. The summed E-state index contributed by atoms with van der Waals surface area (Å²) in [6.45, 7) is 2.84. The van der Waals surface area contributed by atoms with Crippen molar-refractivity contribution in [1.29, 1.82) is 0 Å². The average molecular weight is 224 g/mol. The molecule has 0 aliphatic carbocycles. The van der Waals surface area contributed by atoms with Crippen molar-refractivity contribution in [1.82, 2.24) is 0 Å². The Kier molecular flexibility index (Phi) is 3.29. The Hall–Kier alpha value is -1.29. The minimum Gasteiger partial charge on any atom is -0.395 e. The molecular formula is C12H17FN2O. The Labute approximate surface area is 94.8 Å². The number of hydrogen-bond donors (Lipinski definition) is 2. The van der Waals surface area contributed by atoms with Gasteiger partial charge in [0.15, 0.2) is 0 Å². The first-order valence-corrected chi connectivity index (χ1v) is 5.60. The number of nitrogens with two attached hydrogens (primary N) is 1. The zero-order valence-electron chi connectivity index (χ0n) is 9.37. The highest BCUT2D eigenvalue weighted by molar-refractivity contribution is 5.66. The van der Waals surface area contributed by atoms with Gasteiger partial charge in [0.05, 0.1) is 17.5 Å². The minimum atomic E-state index is -0.385. The summed E-state index contributed by atoms with van der Waals surface area (Å²) in [4.78, 5) is 0. The normalized spacial score (nSPS) is 22.0. The van der Waals surface area contributed by atoms with Crippen LogP contribution in [0.3, 0.4) is 0 Å². The van der Waals surface area contributed by atoms with Crippen LogP contribution in [0.5, 0.6) is 0 Å². The summed E-state index contributed by atoms with van der Waals surface area (Å²) in [6.07, 6.45) is 2.33. The largest absolute Gasteiger partial charge is 0.395 e. The number of rotatable bonds is 3. The summed E-state index contributed by atoms with van der Waals surface area (Å²) in [5.41, 5.74) is 6.47. The van der Waals surface area contributed by atoms with Crippen molar-refractivity contribution in [2.45, 2.75) is 31.9 Å². The zero-order chi connectivity index (χ0) is 11.5. The van der Waals surface area contributed by atoms with Crippen molar-refractivity contribution in [2.75, 3.05) is 17.7 Å². The standard InChI is InChI=1S/C12H17FN2O/c1-8(11-6-3-7-16-11)15-10-5-2-4-9(13)12(10)14/h2,4-5,8,11,15H,3,6-7,14H2,1H3. The second-order valence-electron chi connectivity index (χ2n) is 4.19. The summed E-state index contributed by atoms with van der Waals surface area (Å²) in [7, 11) is 0. The van der Waals surface area contributed by atoms with Crippen molar-refractivity contribution < 1.29 is 9.13 Å². The molecule has 2 rings (SSSR count). The fourth-order valence-electron chi connectivity index (χ4n) is 2.00. The van der Waals surface area contributed by atoms with E-state index >= 15 is 0 Å². The highest BCUT2D eigenvalue weighted by atomic mass is 19.1. The van der Waals surface area contributed by atoms with Gasteiger partial charge in [-0.1, -0.05) is 6.07 Å². The van der Waals surface area contributed by atoms with E-state index in [0.717, 1.165) is 19.4 Å². The van der Waals surface area contributed by atoms with Crippen LogP contribution in [0.25, 0.3) is 0 Å². The molecule has 0 saturated carbocycles. The van der Waals surface area contributed by atoms with Crippen molar-refractivity contribution >= 4 is 11.4 Å². The molecule has 0 spiro atoms. The van der Waals surface area contributed by atoms with E-state index in [2.05, 4.69) is 5.32 Å². The van der Waals surface area contributed by atoms with Crippen LogP contribution < -0.4 is 11.1 Å². The van der Waals surface area contributed by atoms with Crippen LogP contribution in [0.2, 0.25) is 0 Å². The second kappa shape index (κ2) is 4.70. The quantitative estimate of drug-likeness (QED) is 0.775. The molecule has 1 heterocycles. The molecule has 2 unspecified atom stereocenters. The average Bonchev–Trinajstić information content (AvgIpc) is 2.78. The van der Waals surface area contributed by atoms with Crippen molar-refractivity contribution in [2.24, 2.45) is 0 Å². The molecule has 16 heavy (non-hydrogen) atoms. The summed E-state index contributed by atoms with van der Waals surface area (Å²) in [6, 6.07) is 4.93. The van der Waals surface area contributed by atoms with E-state index in [1.54, 1.807) is 12.1 Å². The highest BCUT2D eigenvalue weighted by Crippen LogP contribution is 2.24. The fraction of sp³-hybridized carbons (Fsp3) is 0.500. The first-order valence-electron chi connectivity index (χ1n) is 5.60. The molecule has 4 heteroatoms. The maximum Gasteiger partial charge on any atom is 0.148 e. The molecule has 1 aromatic carbocycles. The zero-order valence-corrected chi connectivity index (χ0v) is 9.37. The Morgan fingerprint density at radius 3 is 3.06 bits per heavy atom. The summed E-state index contributed by atoms with van der Waals surface area (Å²) >= 11 is 0. The Morgan fingerprint density at radius 1 is 1.56 bits per heavy atom. The van der Waals surface area contributed by atoms with Crippen LogP contribution in [0.15, 0.2) is 18.2 Å². The van der Waals surface area contributed by atoms with Gasteiger partial charge in [-0.2, -0.15) is 0 Å². The number of halogens is 1. The Bertz CT molecular complexity index is 364. The van der Waals surface area contributed by atoms with Gasteiger partial charge in [0, 0.05) is 12.6 Å². The number of anilines is 2. The van der Waals surface area contributed by atoms with Gasteiger partial charge in [0.2, 0.25) is 0 Å². The van der Waals surface area contributed by atoms with Crippen molar-refractivity contribution in [3.05, 3.63) is 24.0 Å². The predicted molar refractivity (Wildman–Crippen MR) is 62.9 cm³/mol. The third-order valence-corrected chi connectivity index (χ3v) is 2.96. The molecule has 3 nitrogen and oxygen atoms in total. The summed E-state index contributed by atoms with van der Waals surface area (Å²) in [5.74, 6) is -0.385. The number of hydrogen-bond acceptors (Lipinski definition) is 3. The second-order valence-corrected chi connectivity index (χ2v) is 4.19. The molecule has 0 aromatic heterocycles. The maximum atomic E-state index is 13.2. The van der Waals surface area contributed by atoms with Gasteiger partial charge in [0.25, 0.3) is 0 Å². The number of para-hydroxylation sites is 1. The van der Waals surface area contributed by atoms with E-state index in [-0.39, 0.29) is 23.7 Å². The molecule has 3 N–H and O–H groups in total. The van der Waals surface area contributed by atoms with Gasteiger partial charge in [-0.05, 0) is 31.9 Å². The lowest BCUT2D eigenvalue weighted by Gasteiger charge is -2.22. The number of nitrogens with one attached hydrogen (secondary N) is 1. The van der Waals surface area contributed by atoms with Crippen LogP contribution >= 0.6 is 0 Å². The van der Waals surface area contributed by atoms with E-state index in [0.29, 0.717) is 5.69 Å². The molecule has 1 aliphatic rings. The first-order chi connectivity index (χ1) is 7.68. The molecule has 0 bridgehead atoms. The van der Waals surface area contributed by atoms with E-state index in [1.165, 1.54) is 6.07 Å². The van der Waals surface area contributed by atoms with Gasteiger partial charge in [-0.3, -0.25) is 0 Å². The number of ether oxygens (including phenoxy) is 1. The number of nitrogen functional groups attached to an aromatic ring is 1. The van der Waals surface area contributed by atoms with E-state index in [9.17, 15) is 4.39 Å². The van der Waals surface area contributed by atoms with Crippen LogP contribution in [0.4, 0.5) is 15.8 Å². The molecular weight excluding hydrogens is 207 g/mol. The van der Waals surface area contributed by atoms with Crippen LogP contribution in [0, 0.1) is 5.82 Å². The van der Waals surface area contributed by atoms with Gasteiger partial charge < -0.3 is 15.8 Å². The van der Waals surface area contributed by atoms with Gasteiger partial charge in [-0.25, -0.2) is 4.39 Å². The molecule has 2 atom stereocenters. The lowest BCUT2D eigenvalue weighted by atomic mass is 10.1. The lowest BCUT2D eigenvalue weighted by Crippen LogP contribution is -2.30. The van der Waals surface area contributed by atoms with E-state index < -0.39 is 0 Å². The molecule has 0 amide bonds. The summed E-state index contributed by atoms with van der Waals surface area (Å²) in [5, 5.41) is 3.20. The highest BCUT2D eigenvalue weighted by Gasteiger charge is 2.22. The van der Waals surface area contributed by atoms with E-state index in [4.69, 9.17) is 10.5 Å². The van der Waals surface area contributed by atoms with Gasteiger partial charge in [0.1, 0.15) is 5.82 Å². The smallest absolute Gasteiger partial charge is 0.148 e. The van der Waals surface area contributed by atoms with Crippen molar-refractivity contribution in [3.8, 4) is 0 Å². The SMILES string of the molecule is CC(Nc1cccc(F)c1N)C1CCCO1. The first kappa shape index (κ1) is 11.2. The van der Waals surface area contributed by atoms with Gasteiger partial charge in [-0.15, -0.1) is 0 Å². The third kappa shape index (κ3) is 2.27. The van der Waals surface area contributed by atoms with E-state index in [1.807, 2.05) is 6.92 Å². The Morgan fingerprint density at radius 2 is 2.38 bits per heavy atom. The third-order valence-electron chi connectivity index (χ3n) is 2.96. The lowest BCUT2D eigenvalue weighted by molar-refractivity contribution is 0.0997. The molecule has 1 aromatic rings. The van der Waals surface area contributed by atoms with Crippen LogP contribution in [-0.2, 0) is 4.74 Å². The molecule has 1 fully saturated rings. The molecule has 88 valence electrons. The van der Waals surface area contributed by atoms with Crippen molar-refractivity contribution in [3.63, 3.8) is 0 Å². The Balaban J connectivity index is 2.05.